The number of benzene rings is 2. The van der Waals surface area contributed by atoms with Gasteiger partial charge >= 0.3 is 12.2 Å². The number of piperidine rings is 1. The van der Waals surface area contributed by atoms with Crippen LogP contribution in [0.3, 0.4) is 0 Å². The highest BCUT2D eigenvalue weighted by atomic mass is 35.5. The minimum atomic E-state index is -1.18. The number of hydrogen-bond acceptors (Lipinski definition) is 5. The predicted molar refractivity (Wildman–Crippen MR) is 150 cm³/mol. The number of fused-ring (bicyclic) bond motifs is 1. The lowest BCUT2D eigenvalue weighted by molar-refractivity contribution is 0.0177. The Hall–Kier alpha value is -3.15. The van der Waals surface area contributed by atoms with Crippen LogP contribution in [0.1, 0.15) is 30.9 Å². The second-order valence-electron chi connectivity index (χ2n) is 11.0. The second-order valence-corrected chi connectivity index (χ2v) is 17.0. The largest absolute Gasteiger partial charge is 0.465 e. The van der Waals surface area contributed by atoms with E-state index in [1.807, 2.05) is 6.07 Å². The number of nitrogens with one attached hydrogen (secondary N) is 1. The van der Waals surface area contributed by atoms with Crippen LogP contribution in [0.2, 0.25) is 30.7 Å². The van der Waals surface area contributed by atoms with Crippen LogP contribution in [0.15, 0.2) is 42.6 Å². The summed E-state index contributed by atoms with van der Waals surface area (Å²) in [6.45, 7) is 8.21. The van der Waals surface area contributed by atoms with Gasteiger partial charge in [-0.1, -0.05) is 31.2 Å². The van der Waals surface area contributed by atoms with Crippen LogP contribution in [-0.2, 0) is 16.2 Å². The molecule has 1 aromatic heterocycles. The van der Waals surface area contributed by atoms with E-state index in [0.29, 0.717) is 44.0 Å². The van der Waals surface area contributed by atoms with Crippen LogP contribution in [-0.4, -0.2) is 59.2 Å². The van der Waals surface area contributed by atoms with E-state index in [0.717, 1.165) is 29.4 Å². The number of anilines is 1. The third-order valence-electron chi connectivity index (χ3n) is 6.69. The monoisotopic (exact) mass is 576 g/mol. The highest BCUT2D eigenvalue weighted by Crippen LogP contribution is 2.34. The normalized spacial score (nSPS) is 16.7. The van der Waals surface area contributed by atoms with Crippen LogP contribution in [0.25, 0.3) is 10.9 Å². The molecule has 2 aromatic carbocycles. The summed E-state index contributed by atoms with van der Waals surface area (Å²) >= 11 is 6.07. The number of nitrogens with zero attached hydrogens (tertiary/aromatic N) is 3. The Morgan fingerprint density at radius 1 is 1.23 bits per heavy atom. The molecule has 2 N–H and O–H groups in total. The zero-order valence-corrected chi connectivity index (χ0v) is 24.1. The fourth-order valence-corrected chi connectivity index (χ4v) is 5.66. The molecule has 1 fully saturated rings. The zero-order chi connectivity index (χ0) is 28.2. The quantitative estimate of drug-likeness (QED) is 0.211. The summed E-state index contributed by atoms with van der Waals surface area (Å²) in [4.78, 5) is 26.2. The summed E-state index contributed by atoms with van der Waals surface area (Å²) < 4.78 is 27.5. The summed E-state index contributed by atoms with van der Waals surface area (Å²) in [7, 11) is -1.18. The van der Waals surface area contributed by atoms with Crippen molar-refractivity contribution < 1.29 is 28.6 Å². The molecule has 1 aliphatic rings. The minimum Gasteiger partial charge on any atom is -0.465 e. The average Bonchev–Trinajstić information content (AvgIpc) is 3.26. The molecule has 0 aliphatic carbocycles. The Bertz CT molecular complexity index is 1310. The Balaban J connectivity index is 1.48. The van der Waals surface area contributed by atoms with Crippen molar-refractivity contribution in [1.29, 1.82) is 0 Å². The number of carbonyl (C=O) groups excluding carboxylic acids is 1. The van der Waals surface area contributed by atoms with Crippen LogP contribution < -0.4 is 5.32 Å². The smallest absolute Gasteiger partial charge is 0.412 e. The van der Waals surface area contributed by atoms with Crippen molar-refractivity contribution in [3.63, 3.8) is 0 Å². The molecule has 0 unspecified atom stereocenters. The van der Waals surface area contributed by atoms with Gasteiger partial charge in [-0.25, -0.2) is 18.7 Å². The molecular weight excluding hydrogens is 543 g/mol. The van der Waals surface area contributed by atoms with Gasteiger partial charge in [0.25, 0.3) is 0 Å². The van der Waals surface area contributed by atoms with E-state index in [2.05, 4.69) is 30.1 Å². The van der Waals surface area contributed by atoms with E-state index in [1.165, 1.54) is 17.0 Å². The standard InChI is InChI=1S/C27H34ClFN4O5Si/c1-39(2,3)11-10-37-17-33-23-8-7-22(14-19(23)16-30-33)31-26(34)38-25(18-12-20(28)15-21(29)13-18)24-6-4-5-9-32(24)27(35)36/h7-8,12-16,24-25H,4-6,9-11,17H2,1-3H3,(H,31,34)(H,35,36)/t24-,25-/m0/s1. The first kappa shape index (κ1) is 28.8. The summed E-state index contributed by atoms with van der Waals surface area (Å²) in [5.74, 6) is -0.601. The Morgan fingerprint density at radius 2 is 2.03 bits per heavy atom. The second kappa shape index (κ2) is 12.4. The van der Waals surface area contributed by atoms with Gasteiger partial charge < -0.3 is 19.5 Å². The van der Waals surface area contributed by atoms with Crippen molar-refractivity contribution in [3.8, 4) is 0 Å². The van der Waals surface area contributed by atoms with Crippen molar-refractivity contribution in [2.24, 2.45) is 0 Å². The van der Waals surface area contributed by atoms with Gasteiger partial charge in [-0.05, 0) is 67.3 Å². The Labute approximate surface area is 232 Å². The molecule has 1 saturated heterocycles. The van der Waals surface area contributed by atoms with Crippen LogP contribution in [0.4, 0.5) is 19.7 Å². The van der Waals surface area contributed by atoms with Gasteiger partial charge in [-0.15, -0.1) is 0 Å². The SMILES string of the molecule is C[Si](C)(C)CCOCn1ncc2cc(NC(=O)O[C@@H](c3cc(F)cc(Cl)c3)[C@@H]3CCCCN3C(=O)O)ccc21. The molecule has 4 rings (SSSR count). The molecule has 0 radical (unpaired) electrons. The lowest BCUT2D eigenvalue weighted by Crippen LogP contribution is -2.47. The highest BCUT2D eigenvalue weighted by molar-refractivity contribution is 6.76. The Kier molecular flexibility index (Phi) is 9.14. The molecule has 2 amide bonds. The Morgan fingerprint density at radius 3 is 2.74 bits per heavy atom. The van der Waals surface area contributed by atoms with E-state index >= 15 is 0 Å². The van der Waals surface area contributed by atoms with Gasteiger partial charge in [-0.3, -0.25) is 5.32 Å². The predicted octanol–water partition coefficient (Wildman–Crippen LogP) is 6.96. The lowest BCUT2D eigenvalue weighted by Gasteiger charge is -2.38. The maximum atomic E-state index is 14.2. The molecule has 12 heteroatoms. The van der Waals surface area contributed by atoms with Gasteiger partial charge in [0, 0.05) is 37.3 Å². The third kappa shape index (κ3) is 7.71. The van der Waals surface area contributed by atoms with E-state index in [9.17, 15) is 19.1 Å². The van der Waals surface area contributed by atoms with Crippen molar-refractivity contribution in [2.45, 2.75) is 63.8 Å². The number of hydrogen-bond donors (Lipinski definition) is 2. The lowest BCUT2D eigenvalue weighted by atomic mass is 9.93. The fourth-order valence-electron chi connectivity index (χ4n) is 4.68. The minimum absolute atomic E-state index is 0.128. The van der Waals surface area contributed by atoms with Crippen molar-refractivity contribution in [2.75, 3.05) is 18.5 Å². The number of halogens is 2. The molecule has 9 nitrogen and oxygen atoms in total. The maximum Gasteiger partial charge on any atom is 0.412 e. The van der Waals surface area contributed by atoms with Crippen molar-refractivity contribution in [3.05, 3.63) is 59.0 Å². The number of carboxylic acid groups (broad SMARTS) is 1. The summed E-state index contributed by atoms with van der Waals surface area (Å²) in [5.41, 5.74) is 1.62. The molecule has 0 saturated carbocycles. The molecule has 0 bridgehead atoms. The molecule has 0 spiro atoms. The van der Waals surface area contributed by atoms with E-state index in [-0.39, 0.29) is 5.02 Å². The van der Waals surface area contributed by atoms with Crippen molar-refractivity contribution >= 4 is 48.5 Å². The highest BCUT2D eigenvalue weighted by Gasteiger charge is 2.37. The molecule has 2 heterocycles. The first-order valence-electron chi connectivity index (χ1n) is 13.0. The summed E-state index contributed by atoms with van der Waals surface area (Å²) in [5, 5.41) is 17.8. The molecule has 3 aromatic rings. The van der Waals surface area contributed by atoms with Gasteiger partial charge in [0.05, 0.1) is 17.8 Å². The number of amides is 2. The van der Waals surface area contributed by atoms with Crippen molar-refractivity contribution in [1.82, 2.24) is 14.7 Å². The number of likely N-dealkylation sites (tertiary alicyclic amines) is 1. The molecule has 1 aliphatic heterocycles. The van der Waals surface area contributed by atoms with Gasteiger partial charge in [0.15, 0.2) is 0 Å². The third-order valence-corrected chi connectivity index (χ3v) is 8.61. The number of rotatable bonds is 9. The first-order valence-corrected chi connectivity index (χ1v) is 17.1. The van der Waals surface area contributed by atoms with Gasteiger partial charge in [-0.2, -0.15) is 5.10 Å². The van der Waals surface area contributed by atoms with Crippen LogP contribution in [0, 0.1) is 5.82 Å². The number of aromatic nitrogens is 2. The first-order chi connectivity index (χ1) is 18.5. The summed E-state index contributed by atoms with van der Waals surface area (Å²) in [6.07, 6.45) is 0.640. The zero-order valence-electron chi connectivity index (χ0n) is 22.3. The van der Waals surface area contributed by atoms with E-state index in [4.69, 9.17) is 21.1 Å². The number of ether oxygens (including phenoxy) is 2. The number of carbonyl (C=O) groups is 2. The fraction of sp³-hybridized carbons (Fsp3) is 0.444. The van der Waals surface area contributed by atoms with E-state index in [1.54, 1.807) is 23.0 Å². The molecule has 2 atom stereocenters. The molecule has 210 valence electrons. The van der Waals surface area contributed by atoms with Crippen LogP contribution >= 0.6 is 11.6 Å². The topological polar surface area (TPSA) is 106 Å². The maximum absolute atomic E-state index is 14.2. The average molecular weight is 577 g/mol. The molecular formula is C27H34ClFN4O5Si. The van der Waals surface area contributed by atoms with E-state index < -0.39 is 38.2 Å². The molecule has 39 heavy (non-hydrogen) atoms. The summed E-state index contributed by atoms with van der Waals surface area (Å²) in [6, 6.07) is 9.55. The van der Waals surface area contributed by atoms with Gasteiger partial charge in [0.2, 0.25) is 0 Å². The van der Waals surface area contributed by atoms with Gasteiger partial charge in [0.1, 0.15) is 18.7 Å². The van der Waals surface area contributed by atoms with Crippen LogP contribution in [0.5, 0.6) is 0 Å².